The molecule has 1 heterocycles. The minimum Gasteiger partial charge on any atom is -0.487 e. The number of guanidine groups is 1. The zero-order valence-corrected chi connectivity index (χ0v) is 19.3. The van der Waals surface area contributed by atoms with Crippen LogP contribution in [0.3, 0.4) is 0 Å². The van der Waals surface area contributed by atoms with E-state index in [2.05, 4.69) is 59.8 Å². The van der Waals surface area contributed by atoms with E-state index in [0.29, 0.717) is 13.2 Å². The van der Waals surface area contributed by atoms with E-state index in [1.165, 1.54) is 16.7 Å². The third-order valence-corrected chi connectivity index (χ3v) is 4.70. The molecule has 5 nitrogen and oxygen atoms in total. The molecular formula is C22H30IN3O2. The minimum atomic E-state index is -0.220. The molecule has 0 radical (unpaired) electrons. The molecule has 2 N–H and O–H groups in total. The molecule has 0 saturated heterocycles. The zero-order chi connectivity index (χ0) is 19.3. The van der Waals surface area contributed by atoms with E-state index in [1.54, 1.807) is 14.2 Å². The van der Waals surface area contributed by atoms with Crippen LogP contribution in [0.1, 0.15) is 43.0 Å². The van der Waals surface area contributed by atoms with Gasteiger partial charge in [-0.25, -0.2) is 0 Å². The van der Waals surface area contributed by atoms with Gasteiger partial charge in [-0.1, -0.05) is 42.5 Å². The van der Waals surface area contributed by atoms with Crippen molar-refractivity contribution in [3.8, 4) is 5.75 Å². The average molecular weight is 495 g/mol. The van der Waals surface area contributed by atoms with E-state index >= 15 is 0 Å². The molecule has 2 aromatic rings. The van der Waals surface area contributed by atoms with Gasteiger partial charge in [0.2, 0.25) is 0 Å². The molecule has 0 aromatic heterocycles. The van der Waals surface area contributed by atoms with Crippen LogP contribution in [0.4, 0.5) is 0 Å². The van der Waals surface area contributed by atoms with E-state index < -0.39 is 0 Å². The lowest BCUT2D eigenvalue weighted by Gasteiger charge is -2.38. The van der Waals surface area contributed by atoms with Gasteiger partial charge in [0, 0.05) is 32.7 Å². The van der Waals surface area contributed by atoms with Gasteiger partial charge in [-0.3, -0.25) is 4.99 Å². The molecule has 0 saturated carbocycles. The molecular weight excluding hydrogens is 465 g/mol. The van der Waals surface area contributed by atoms with Crippen LogP contribution < -0.4 is 15.4 Å². The SMILES string of the molecule is CN=C(NCc1ccc(COC)cc1)NC1CC(C)(C)Oc2ccccc21.I. The van der Waals surface area contributed by atoms with Crippen LogP contribution in [0, 0.1) is 0 Å². The number of benzene rings is 2. The van der Waals surface area contributed by atoms with Crippen LogP contribution in [-0.4, -0.2) is 25.7 Å². The largest absolute Gasteiger partial charge is 0.487 e. The van der Waals surface area contributed by atoms with Crippen LogP contribution in [0.25, 0.3) is 0 Å². The van der Waals surface area contributed by atoms with Gasteiger partial charge >= 0.3 is 0 Å². The van der Waals surface area contributed by atoms with Crippen molar-refractivity contribution in [1.82, 2.24) is 10.6 Å². The van der Waals surface area contributed by atoms with Gasteiger partial charge in [-0.05, 0) is 31.0 Å². The second kappa shape index (κ2) is 10.1. The highest BCUT2D eigenvalue weighted by Crippen LogP contribution is 2.39. The molecule has 1 aliphatic rings. The summed E-state index contributed by atoms with van der Waals surface area (Å²) in [7, 11) is 3.51. The molecule has 0 fully saturated rings. The van der Waals surface area contributed by atoms with E-state index in [-0.39, 0.29) is 35.6 Å². The number of hydrogen-bond acceptors (Lipinski definition) is 3. The first-order chi connectivity index (χ1) is 13.0. The molecule has 1 atom stereocenters. The highest BCUT2D eigenvalue weighted by molar-refractivity contribution is 14.0. The summed E-state index contributed by atoms with van der Waals surface area (Å²) in [5.41, 5.74) is 3.32. The summed E-state index contributed by atoms with van der Waals surface area (Å²) in [5, 5.41) is 6.97. The van der Waals surface area contributed by atoms with Gasteiger partial charge < -0.3 is 20.1 Å². The first kappa shape index (κ1) is 22.5. The van der Waals surface area contributed by atoms with Gasteiger partial charge in [0.1, 0.15) is 11.4 Å². The van der Waals surface area contributed by atoms with Crippen molar-refractivity contribution < 1.29 is 9.47 Å². The number of fused-ring (bicyclic) bond motifs is 1. The van der Waals surface area contributed by atoms with Gasteiger partial charge in [-0.15, -0.1) is 24.0 Å². The van der Waals surface area contributed by atoms with E-state index in [9.17, 15) is 0 Å². The fraction of sp³-hybridized carbons (Fsp3) is 0.409. The highest BCUT2D eigenvalue weighted by atomic mass is 127. The molecule has 6 heteroatoms. The summed E-state index contributed by atoms with van der Waals surface area (Å²) < 4.78 is 11.3. The number of para-hydroxylation sites is 1. The third kappa shape index (κ3) is 5.85. The van der Waals surface area contributed by atoms with Gasteiger partial charge in [0.15, 0.2) is 5.96 Å². The number of nitrogens with zero attached hydrogens (tertiary/aromatic N) is 1. The van der Waals surface area contributed by atoms with Gasteiger partial charge in [-0.2, -0.15) is 0 Å². The third-order valence-electron chi connectivity index (χ3n) is 4.70. The Morgan fingerprint density at radius 1 is 1.14 bits per heavy atom. The second-order valence-corrected chi connectivity index (χ2v) is 7.48. The summed E-state index contributed by atoms with van der Waals surface area (Å²) in [4.78, 5) is 4.40. The second-order valence-electron chi connectivity index (χ2n) is 7.48. The summed E-state index contributed by atoms with van der Waals surface area (Å²) in [6.07, 6.45) is 0.871. The number of aliphatic imine (C=N–C) groups is 1. The lowest BCUT2D eigenvalue weighted by Crippen LogP contribution is -2.45. The predicted molar refractivity (Wildman–Crippen MR) is 124 cm³/mol. The normalized spacial score (nSPS) is 17.7. The molecule has 1 unspecified atom stereocenters. The monoisotopic (exact) mass is 495 g/mol. The van der Waals surface area contributed by atoms with Crippen molar-refractivity contribution in [2.75, 3.05) is 14.2 Å². The first-order valence-corrected chi connectivity index (χ1v) is 9.32. The molecule has 152 valence electrons. The Morgan fingerprint density at radius 2 is 1.82 bits per heavy atom. The molecule has 0 aliphatic carbocycles. The number of rotatable bonds is 5. The summed E-state index contributed by atoms with van der Waals surface area (Å²) in [5.74, 6) is 1.73. The lowest BCUT2D eigenvalue weighted by atomic mass is 9.90. The first-order valence-electron chi connectivity index (χ1n) is 9.32. The van der Waals surface area contributed by atoms with Crippen molar-refractivity contribution >= 4 is 29.9 Å². The quantitative estimate of drug-likeness (QED) is 0.367. The van der Waals surface area contributed by atoms with Crippen LogP contribution >= 0.6 is 24.0 Å². The molecule has 2 aromatic carbocycles. The number of ether oxygens (including phenoxy) is 2. The Hall–Kier alpha value is -1.80. The predicted octanol–water partition coefficient (Wildman–Crippen LogP) is 4.42. The van der Waals surface area contributed by atoms with Crippen molar-refractivity contribution in [2.24, 2.45) is 4.99 Å². The van der Waals surface area contributed by atoms with E-state index in [0.717, 1.165) is 18.1 Å². The van der Waals surface area contributed by atoms with E-state index in [1.807, 2.05) is 18.2 Å². The topological polar surface area (TPSA) is 54.9 Å². The Kier molecular flexibility index (Phi) is 8.12. The fourth-order valence-corrected chi connectivity index (χ4v) is 3.40. The Labute approximate surface area is 184 Å². The highest BCUT2D eigenvalue weighted by Gasteiger charge is 2.33. The smallest absolute Gasteiger partial charge is 0.191 e. The number of nitrogens with one attached hydrogen (secondary N) is 2. The van der Waals surface area contributed by atoms with Crippen molar-refractivity contribution in [3.05, 3.63) is 65.2 Å². The standard InChI is InChI=1S/C22H29N3O2.HI/c1-22(2)13-19(18-7-5-6-8-20(18)27-22)25-21(23-3)24-14-16-9-11-17(12-10-16)15-26-4;/h5-12,19H,13-15H2,1-4H3,(H2,23,24,25);1H. The summed E-state index contributed by atoms with van der Waals surface area (Å²) in [6.45, 7) is 5.59. The van der Waals surface area contributed by atoms with Crippen LogP contribution in [-0.2, 0) is 17.9 Å². The minimum absolute atomic E-state index is 0. The summed E-state index contributed by atoms with van der Waals surface area (Å²) in [6, 6.07) is 16.8. The maximum atomic E-state index is 6.11. The molecule has 0 bridgehead atoms. The Morgan fingerprint density at radius 3 is 2.50 bits per heavy atom. The maximum absolute atomic E-state index is 6.11. The number of methoxy groups -OCH3 is 1. The fourth-order valence-electron chi connectivity index (χ4n) is 3.40. The zero-order valence-electron chi connectivity index (χ0n) is 17.0. The average Bonchev–Trinajstić information content (AvgIpc) is 2.65. The van der Waals surface area contributed by atoms with Crippen LogP contribution in [0.15, 0.2) is 53.5 Å². The van der Waals surface area contributed by atoms with Crippen molar-refractivity contribution in [2.45, 2.75) is 45.1 Å². The Balaban J connectivity index is 0.00000280. The van der Waals surface area contributed by atoms with E-state index in [4.69, 9.17) is 9.47 Å². The van der Waals surface area contributed by atoms with Gasteiger partial charge in [0.05, 0.1) is 12.6 Å². The molecule has 3 rings (SSSR count). The maximum Gasteiger partial charge on any atom is 0.191 e. The van der Waals surface area contributed by atoms with Gasteiger partial charge in [0.25, 0.3) is 0 Å². The van der Waals surface area contributed by atoms with Crippen molar-refractivity contribution in [3.63, 3.8) is 0 Å². The van der Waals surface area contributed by atoms with Crippen LogP contribution in [0.5, 0.6) is 5.75 Å². The molecule has 0 spiro atoms. The lowest BCUT2D eigenvalue weighted by molar-refractivity contribution is 0.0694. The number of hydrogen-bond donors (Lipinski definition) is 2. The van der Waals surface area contributed by atoms with Crippen molar-refractivity contribution in [1.29, 1.82) is 0 Å². The molecule has 1 aliphatic heterocycles. The number of halogens is 1. The van der Waals surface area contributed by atoms with Crippen LogP contribution in [0.2, 0.25) is 0 Å². The Bertz CT molecular complexity index is 791. The molecule has 28 heavy (non-hydrogen) atoms. The summed E-state index contributed by atoms with van der Waals surface area (Å²) >= 11 is 0. The molecule has 0 amide bonds.